The summed E-state index contributed by atoms with van der Waals surface area (Å²) in [6.07, 6.45) is 4.90. The molecule has 2 heterocycles. The number of nitrogens with zero attached hydrogens (tertiary/aromatic N) is 3. The molecule has 0 spiro atoms. The van der Waals surface area contributed by atoms with Crippen LogP contribution in [0.2, 0.25) is 0 Å². The average molecular weight is 220 g/mol. The van der Waals surface area contributed by atoms with Gasteiger partial charge in [0.1, 0.15) is 0 Å². The van der Waals surface area contributed by atoms with Gasteiger partial charge >= 0.3 is 5.69 Å². The molecule has 0 aliphatic heterocycles. The summed E-state index contributed by atoms with van der Waals surface area (Å²) in [5.41, 5.74) is 0.665. The van der Waals surface area contributed by atoms with Crippen LogP contribution in [0.3, 0.4) is 0 Å². The summed E-state index contributed by atoms with van der Waals surface area (Å²) in [6.45, 7) is 2.06. The lowest BCUT2D eigenvalue weighted by Gasteiger charge is -2.06. The van der Waals surface area contributed by atoms with Crippen LogP contribution < -0.4 is 11.2 Å². The minimum atomic E-state index is -0.406. The number of aromatic nitrogens is 4. The SMILES string of the molecule is Cc1cn(Cc2cncn2C)c(=O)[nH]c1=O. The number of hydrogen-bond acceptors (Lipinski definition) is 3. The van der Waals surface area contributed by atoms with Crippen molar-refractivity contribution in [3.63, 3.8) is 0 Å². The summed E-state index contributed by atoms with van der Waals surface area (Å²) in [7, 11) is 1.85. The fraction of sp³-hybridized carbons (Fsp3) is 0.300. The van der Waals surface area contributed by atoms with Crippen LogP contribution >= 0.6 is 0 Å². The molecule has 0 unspecified atom stereocenters. The van der Waals surface area contributed by atoms with Crippen molar-refractivity contribution in [3.8, 4) is 0 Å². The van der Waals surface area contributed by atoms with E-state index in [4.69, 9.17) is 0 Å². The van der Waals surface area contributed by atoms with Crippen molar-refractivity contribution in [1.29, 1.82) is 0 Å². The molecule has 0 atom stereocenters. The molecule has 0 saturated heterocycles. The second-order valence-electron chi connectivity index (χ2n) is 3.70. The summed E-state index contributed by atoms with van der Waals surface area (Å²) >= 11 is 0. The molecule has 0 bridgehead atoms. The van der Waals surface area contributed by atoms with Crippen LogP contribution in [0.1, 0.15) is 11.3 Å². The molecule has 0 fully saturated rings. The minimum Gasteiger partial charge on any atom is -0.336 e. The molecule has 2 aromatic rings. The first-order chi connectivity index (χ1) is 7.58. The Morgan fingerprint density at radius 3 is 2.81 bits per heavy atom. The van der Waals surface area contributed by atoms with Gasteiger partial charge in [0, 0.05) is 25.0 Å². The second kappa shape index (κ2) is 3.80. The number of nitrogens with one attached hydrogen (secondary N) is 1. The Morgan fingerprint density at radius 2 is 2.19 bits per heavy atom. The Balaban J connectivity index is 2.43. The Hall–Kier alpha value is -2.11. The van der Waals surface area contributed by atoms with Gasteiger partial charge in [-0.1, -0.05) is 0 Å². The normalized spacial score (nSPS) is 10.6. The third kappa shape index (κ3) is 1.81. The van der Waals surface area contributed by atoms with Gasteiger partial charge in [0.05, 0.1) is 18.6 Å². The van der Waals surface area contributed by atoms with E-state index in [1.54, 1.807) is 25.6 Å². The molecule has 84 valence electrons. The number of aromatic amines is 1. The predicted molar refractivity (Wildman–Crippen MR) is 58.4 cm³/mol. The molecular weight excluding hydrogens is 208 g/mol. The molecule has 1 N–H and O–H groups in total. The van der Waals surface area contributed by atoms with Gasteiger partial charge in [-0.2, -0.15) is 0 Å². The zero-order valence-corrected chi connectivity index (χ0v) is 9.10. The number of hydrogen-bond donors (Lipinski definition) is 1. The van der Waals surface area contributed by atoms with Crippen LogP contribution in [0.15, 0.2) is 28.3 Å². The number of rotatable bonds is 2. The van der Waals surface area contributed by atoms with Crippen LogP contribution in [0.4, 0.5) is 0 Å². The number of H-pyrrole nitrogens is 1. The van der Waals surface area contributed by atoms with Crippen molar-refractivity contribution in [3.05, 3.63) is 50.8 Å². The zero-order chi connectivity index (χ0) is 11.7. The summed E-state index contributed by atoms with van der Waals surface area (Å²) in [6, 6.07) is 0. The summed E-state index contributed by atoms with van der Waals surface area (Å²) in [5.74, 6) is 0. The Labute approximate surface area is 91.2 Å². The van der Waals surface area contributed by atoms with Crippen molar-refractivity contribution < 1.29 is 0 Å². The van der Waals surface area contributed by atoms with Crippen molar-refractivity contribution in [2.45, 2.75) is 13.5 Å². The zero-order valence-electron chi connectivity index (χ0n) is 9.10. The van der Waals surface area contributed by atoms with Gasteiger partial charge in [-0.15, -0.1) is 0 Å². The molecule has 6 nitrogen and oxygen atoms in total. The molecule has 16 heavy (non-hydrogen) atoms. The van der Waals surface area contributed by atoms with E-state index in [-0.39, 0.29) is 5.56 Å². The van der Waals surface area contributed by atoms with Crippen molar-refractivity contribution in [1.82, 2.24) is 19.1 Å². The van der Waals surface area contributed by atoms with Gasteiger partial charge in [-0.25, -0.2) is 9.78 Å². The van der Waals surface area contributed by atoms with Crippen LogP contribution in [0.5, 0.6) is 0 Å². The molecule has 2 aromatic heterocycles. The van der Waals surface area contributed by atoms with Crippen LogP contribution in [-0.4, -0.2) is 19.1 Å². The van der Waals surface area contributed by atoms with Crippen molar-refractivity contribution in [2.24, 2.45) is 7.05 Å². The van der Waals surface area contributed by atoms with E-state index in [1.165, 1.54) is 4.57 Å². The molecule has 0 aliphatic rings. The lowest BCUT2D eigenvalue weighted by molar-refractivity contribution is 0.671. The largest absolute Gasteiger partial charge is 0.336 e. The van der Waals surface area contributed by atoms with E-state index in [0.29, 0.717) is 12.1 Å². The van der Waals surface area contributed by atoms with Crippen molar-refractivity contribution >= 4 is 0 Å². The maximum Gasteiger partial charge on any atom is 0.328 e. The maximum atomic E-state index is 11.5. The van der Waals surface area contributed by atoms with Crippen molar-refractivity contribution in [2.75, 3.05) is 0 Å². The first-order valence-electron chi connectivity index (χ1n) is 4.83. The molecule has 0 saturated carbocycles. The predicted octanol–water partition coefficient (Wildman–Crippen LogP) is -0.373. The molecule has 0 amide bonds. The van der Waals surface area contributed by atoms with Gasteiger partial charge in [0.15, 0.2) is 0 Å². The highest BCUT2D eigenvalue weighted by atomic mass is 16.2. The van der Waals surface area contributed by atoms with Gasteiger partial charge in [0.2, 0.25) is 0 Å². The average Bonchev–Trinajstić information content (AvgIpc) is 2.61. The van der Waals surface area contributed by atoms with E-state index in [1.807, 2.05) is 11.6 Å². The second-order valence-corrected chi connectivity index (χ2v) is 3.70. The highest BCUT2D eigenvalue weighted by molar-refractivity contribution is 5.04. The highest BCUT2D eigenvalue weighted by Gasteiger charge is 2.04. The molecular formula is C10H12N4O2. The van der Waals surface area contributed by atoms with Gasteiger partial charge in [0.25, 0.3) is 5.56 Å². The topological polar surface area (TPSA) is 72.7 Å². The van der Waals surface area contributed by atoms with E-state index in [9.17, 15) is 9.59 Å². The fourth-order valence-corrected chi connectivity index (χ4v) is 1.45. The summed E-state index contributed by atoms with van der Waals surface area (Å²) in [5, 5.41) is 0. The van der Waals surface area contributed by atoms with Gasteiger partial charge in [-0.05, 0) is 6.92 Å². The molecule has 0 aromatic carbocycles. The maximum absolute atomic E-state index is 11.5. The van der Waals surface area contributed by atoms with E-state index in [0.717, 1.165) is 5.69 Å². The first-order valence-corrected chi connectivity index (χ1v) is 4.83. The molecule has 2 rings (SSSR count). The number of imidazole rings is 1. The van der Waals surface area contributed by atoms with Crippen LogP contribution in [0.25, 0.3) is 0 Å². The summed E-state index contributed by atoms with van der Waals surface area (Å²) in [4.78, 5) is 28.9. The van der Waals surface area contributed by atoms with Gasteiger partial charge < -0.3 is 4.57 Å². The molecule has 6 heteroatoms. The first kappa shape index (κ1) is 10.4. The van der Waals surface area contributed by atoms with Crippen LogP contribution in [-0.2, 0) is 13.6 Å². The molecule has 0 radical (unpaired) electrons. The lowest BCUT2D eigenvalue weighted by atomic mass is 10.3. The highest BCUT2D eigenvalue weighted by Crippen LogP contribution is 1.98. The third-order valence-electron chi connectivity index (χ3n) is 2.44. The minimum absolute atomic E-state index is 0.341. The van der Waals surface area contributed by atoms with Crippen LogP contribution in [0, 0.1) is 6.92 Å². The molecule has 0 aliphatic carbocycles. The number of aryl methyl sites for hydroxylation is 2. The smallest absolute Gasteiger partial charge is 0.328 e. The quantitative estimate of drug-likeness (QED) is 0.750. The Bertz CT molecular complexity index is 620. The van der Waals surface area contributed by atoms with E-state index < -0.39 is 5.69 Å². The summed E-state index contributed by atoms with van der Waals surface area (Å²) < 4.78 is 3.28. The van der Waals surface area contributed by atoms with E-state index in [2.05, 4.69) is 9.97 Å². The monoisotopic (exact) mass is 220 g/mol. The lowest BCUT2D eigenvalue weighted by Crippen LogP contribution is -2.31. The van der Waals surface area contributed by atoms with E-state index >= 15 is 0 Å². The third-order valence-corrected chi connectivity index (χ3v) is 2.44. The Morgan fingerprint density at radius 1 is 1.44 bits per heavy atom. The standard InChI is InChI=1S/C10H12N4O2/c1-7-4-14(10(16)12-9(7)15)5-8-3-11-6-13(8)2/h3-4,6H,5H2,1-2H3,(H,12,15,16). The fourth-order valence-electron chi connectivity index (χ4n) is 1.45. The Kier molecular flexibility index (Phi) is 2.47. The van der Waals surface area contributed by atoms with Gasteiger partial charge in [-0.3, -0.25) is 14.3 Å².